The molecule has 2 N–H and O–H groups in total. The zero-order valence-electron chi connectivity index (χ0n) is 11.3. The highest BCUT2D eigenvalue weighted by molar-refractivity contribution is 5.90. The summed E-state index contributed by atoms with van der Waals surface area (Å²) in [6, 6.07) is 11.6. The number of hydrogen-bond acceptors (Lipinski definition) is 3. The van der Waals surface area contributed by atoms with E-state index in [1.165, 1.54) is 12.8 Å². The first-order valence-corrected chi connectivity index (χ1v) is 6.88. The smallest absolute Gasteiger partial charge is 0.113 e. The maximum absolute atomic E-state index is 11.0. The average Bonchev–Trinajstić information content (AvgIpc) is 2.46. The minimum absolute atomic E-state index is 0.120. The number of fused-ring (bicyclic) bond motifs is 1. The third kappa shape index (κ3) is 2.99. The van der Waals surface area contributed by atoms with Gasteiger partial charge in [0.15, 0.2) is 0 Å². The Kier molecular flexibility index (Phi) is 4.63. The summed E-state index contributed by atoms with van der Waals surface area (Å²) >= 11 is 0. The van der Waals surface area contributed by atoms with Crippen molar-refractivity contribution in [3.8, 4) is 0 Å². The molecule has 2 aromatic carbocycles. The van der Waals surface area contributed by atoms with Crippen LogP contribution in [-0.2, 0) is 0 Å². The van der Waals surface area contributed by atoms with Gasteiger partial charge in [-0.25, -0.2) is 0 Å². The second-order valence-electron chi connectivity index (χ2n) is 4.91. The molecule has 0 heterocycles. The topological polar surface area (TPSA) is 55.4 Å². The van der Waals surface area contributed by atoms with Gasteiger partial charge in [0.05, 0.1) is 0 Å². The van der Waals surface area contributed by atoms with E-state index in [0.717, 1.165) is 29.2 Å². The summed E-state index contributed by atoms with van der Waals surface area (Å²) in [5.74, 6) is 0. The van der Waals surface area contributed by atoms with E-state index in [1.54, 1.807) is 6.07 Å². The molecule has 0 fully saturated rings. The van der Waals surface area contributed by atoms with E-state index in [1.807, 2.05) is 30.3 Å². The largest absolute Gasteiger partial charge is 0.324 e. The fourth-order valence-electron chi connectivity index (χ4n) is 2.51. The lowest BCUT2D eigenvalue weighted by molar-refractivity contribution is 0.584. The van der Waals surface area contributed by atoms with E-state index in [4.69, 9.17) is 5.73 Å². The molecule has 0 aromatic heterocycles. The summed E-state index contributed by atoms with van der Waals surface area (Å²) in [5.41, 5.74) is 7.65. The van der Waals surface area contributed by atoms with E-state index in [9.17, 15) is 4.91 Å². The van der Waals surface area contributed by atoms with Gasteiger partial charge in [-0.2, -0.15) is 0 Å². The predicted molar refractivity (Wildman–Crippen MR) is 80.5 cm³/mol. The van der Waals surface area contributed by atoms with Crippen LogP contribution in [0.15, 0.2) is 41.6 Å². The van der Waals surface area contributed by atoms with Crippen LogP contribution in [0.25, 0.3) is 10.8 Å². The van der Waals surface area contributed by atoms with Crippen molar-refractivity contribution in [2.75, 3.05) is 0 Å². The van der Waals surface area contributed by atoms with Crippen molar-refractivity contribution in [2.45, 2.75) is 38.6 Å². The number of nitrogens with two attached hydrogens (primary N) is 1. The van der Waals surface area contributed by atoms with Crippen LogP contribution in [0.2, 0.25) is 0 Å². The number of unbranched alkanes of at least 4 members (excludes halogenated alkanes) is 2. The number of benzene rings is 2. The van der Waals surface area contributed by atoms with E-state index >= 15 is 0 Å². The fourth-order valence-corrected chi connectivity index (χ4v) is 2.51. The summed E-state index contributed by atoms with van der Waals surface area (Å²) in [6.07, 6.45) is 4.31. The minimum Gasteiger partial charge on any atom is -0.324 e. The zero-order chi connectivity index (χ0) is 13.7. The highest BCUT2D eigenvalue weighted by Crippen LogP contribution is 2.34. The van der Waals surface area contributed by atoms with E-state index in [0.29, 0.717) is 5.69 Å². The van der Waals surface area contributed by atoms with Crippen LogP contribution in [0.4, 0.5) is 5.69 Å². The molecule has 2 rings (SSSR count). The number of nitrogens with zero attached hydrogens (tertiary/aromatic N) is 1. The Labute approximate surface area is 113 Å². The highest BCUT2D eigenvalue weighted by atomic mass is 16.3. The van der Waals surface area contributed by atoms with Gasteiger partial charge in [-0.15, -0.1) is 4.91 Å². The second-order valence-corrected chi connectivity index (χ2v) is 4.91. The van der Waals surface area contributed by atoms with Crippen molar-refractivity contribution in [3.63, 3.8) is 0 Å². The molecule has 1 unspecified atom stereocenters. The Hall–Kier alpha value is -1.74. The van der Waals surface area contributed by atoms with Gasteiger partial charge in [-0.3, -0.25) is 0 Å². The zero-order valence-corrected chi connectivity index (χ0v) is 11.3. The third-order valence-corrected chi connectivity index (χ3v) is 3.54. The van der Waals surface area contributed by atoms with Gasteiger partial charge >= 0.3 is 0 Å². The van der Waals surface area contributed by atoms with Gasteiger partial charge in [0.2, 0.25) is 0 Å². The van der Waals surface area contributed by atoms with Gasteiger partial charge in [-0.05, 0) is 28.4 Å². The molecule has 0 bridgehead atoms. The van der Waals surface area contributed by atoms with Gasteiger partial charge in [0, 0.05) is 11.6 Å². The van der Waals surface area contributed by atoms with Crippen LogP contribution in [0.5, 0.6) is 0 Å². The molecule has 0 saturated heterocycles. The molecule has 3 nitrogen and oxygen atoms in total. The summed E-state index contributed by atoms with van der Waals surface area (Å²) < 4.78 is 0. The third-order valence-electron chi connectivity index (χ3n) is 3.54. The SMILES string of the molecule is CCCCCC(N)c1c(N=O)ccc2ccccc12. The molecule has 0 radical (unpaired) electrons. The molecule has 19 heavy (non-hydrogen) atoms. The Bertz CT molecular complexity index is 566. The van der Waals surface area contributed by atoms with Crippen LogP contribution < -0.4 is 5.73 Å². The van der Waals surface area contributed by atoms with Crippen LogP contribution in [0, 0.1) is 4.91 Å². The van der Waals surface area contributed by atoms with Gasteiger partial charge < -0.3 is 5.73 Å². The second kappa shape index (κ2) is 6.43. The summed E-state index contributed by atoms with van der Waals surface area (Å²) in [5, 5.41) is 5.29. The lowest BCUT2D eigenvalue weighted by atomic mass is 9.94. The molecule has 0 aliphatic heterocycles. The van der Waals surface area contributed by atoms with Crippen LogP contribution in [-0.4, -0.2) is 0 Å². The lowest BCUT2D eigenvalue weighted by Crippen LogP contribution is -2.11. The summed E-state index contributed by atoms with van der Waals surface area (Å²) in [4.78, 5) is 11.0. The monoisotopic (exact) mass is 256 g/mol. The minimum atomic E-state index is -0.120. The first-order chi connectivity index (χ1) is 9.27. The van der Waals surface area contributed by atoms with E-state index < -0.39 is 0 Å². The van der Waals surface area contributed by atoms with Gasteiger partial charge in [0.1, 0.15) is 5.69 Å². The normalized spacial score (nSPS) is 12.5. The number of rotatable bonds is 6. The molecule has 0 aliphatic rings. The molecule has 0 saturated carbocycles. The Morgan fingerprint density at radius 3 is 2.68 bits per heavy atom. The molecule has 100 valence electrons. The lowest BCUT2D eigenvalue weighted by Gasteiger charge is -2.16. The predicted octanol–water partition coefficient (Wildman–Crippen LogP) is 4.82. The van der Waals surface area contributed by atoms with Gasteiger partial charge in [0.25, 0.3) is 0 Å². The van der Waals surface area contributed by atoms with E-state index in [2.05, 4.69) is 12.1 Å². The molecule has 2 aromatic rings. The van der Waals surface area contributed by atoms with Gasteiger partial charge in [-0.1, -0.05) is 56.5 Å². The fraction of sp³-hybridized carbons (Fsp3) is 0.375. The quantitative estimate of drug-likeness (QED) is 0.595. The number of nitroso groups, excluding NO2 is 1. The van der Waals surface area contributed by atoms with Crippen molar-refractivity contribution < 1.29 is 0 Å². The standard InChI is InChI=1S/C16H20N2O/c1-2-3-4-9-14(17)16-13-8-6-5-7-12(13)10-11-15(16)18-19/h5-8,10-11,14H,2-4,9,17H2,1H3. The van der Waals surface area contributed by atoms with Crippen molar-refractivity contribution >= 4 is 16.5 Å². The Morgan fingerprint density at radius 1 is 1.16 bits per heavy atom. The van der Waals surface area contributed by atoms with Crippen LogP contribution in [0.3, 0.4) is 0 Å². The first-order valence-electron chi connectivity index (χ1n) is 6.88. The maximum Gasteiger partial charge on any atom is 0.113 e. The van der Waals surface area contributed by atoms with Crippen molar-refractivity contribution in [3.05, 3.63) is 46.9 Å². The molecular weight excluding hydrogens is 236 g/mol. The Morgan fingerprint density at radius 2 is 1.95 bits per heavy atom. The summed E-state index contributed by atoms with van der Waals surface area (Å²) in [7, 11) is 0. The molecular formula is C16H20N2O. The number of hydrogen-bond donors (Lipinski definition) is 1. The molecule has 3 heteroatoms. The molecule has 0 aliphatic carbocycles. The molecule has 0 amide bonds. The van der Waals surface area contributed by atoms with Crippen LogP contribution >= 0.6 is 0 Å². The summed E-state index contributed by atoms with van der Waals surface area (Å²) in [6.45, 7) is 2.17. The highest BCUT2D eigenvalue weighted by Gasteiger charge is 2.15. The Balaban J connectivity index is 2.40. The van der Waals surface area contributed by atoms with Crippen molar-refractivity contribution in [2.24, 2.45) is 10.9 Å². The molecule has 1 atom stereocenters. The average molecular weight is 256 g/mol. The maximum atomic E-state index is 11.0. The van der Waals surface area contributed by atoms with E-state index in [-0.39, 0.29) is 6.04 Å². The van der Waals surface area contributed by atoms with Crippen molar-refractivity contribution in [1.29, 1.82) is 0 Å². The van der Waals surface area contributed by atoms with Crippen LogP contribution in [0.1, 0.15) is 44.2 Å². The first kappa shape index (κ1) is 13.7. The molecule has 0 spiro atoms. The van der Waals surface area contributed by atoms with Crippen molar-refractivity contribution in [1.82, 2.24) is 0 Å².